The molecule has 0 aliphatic carbocycles. The van der Waals surface area contributed by atoms with Gasteiger partial charge in [-0.2, -0.15) is 0 Å². The first kappa shape index (κ1) is 12.6. The summed E-state index contributed by atoms with van der Waals surface area (Å²) in [4.78, 5) is 10.3. The molecule has 2 heteroatoms. The lowest BCUT2D eigenvalue weighted by molar-refractivity contribution is -0.109. The van der Waals surface area contributed by atoms with Gasteiger partial charge in [-0.15, -0.1) is 0 Å². The van der Waals surface area contributed by atoms with Crippen LogP contribution in [0.1, 0.15) is 46.5 Å². The molecule has 0 aromatic carbocycles. The fourth-order valence-corrected chi connectivity index (χ4v) is 1.31. The number of rotatable bonds is 7. The molecule has 0 N–H and O–H groups in total. The fourth-order valence-electron chi connectivity index (χ4n) is 1.31. The molecule has 2 nitrogen and oxygen atoms in total. The third kappa shape index (κ3) is 6.76. The summed E-state index contributed by atoms with van der Waals surface area (Å²) in [6, 6.07) is 0. The van der Waals surface area contributed by atoms with Crippen molar-refractivity contribution >= 4 is 6.29 Å². The Morgan fingerprint density at radius 3 is 2.54 bits per heavy atom. The molecule has 0 bridgehead atoms. The third-order valence-corrected chi connectivity index (χ3v) is 2.50. The van der Waals surface area contributed by atoms with Crippen molar-refractivity contribution in [1.29, 1.82) is 0 Å². The van der Waals surface area contributed by atoms with Gasteiger partial charge in [0.25, 0.3) is 0 Å². The Morgan fingerprint density at radius 1 is 1.46 bits per heavy atom. The van der Waals surface area contributed by atoms with Crippen LogP contribution in [0, 0.1) is 5.41 Å². The normalized spacial score (nSPS) is 14.2. The molecular weight excluding hydrogens is 164 g/mol. The first-order valence-corrected chi connectivity index (χ1v) is 4.98. The Morgan fingerprint density at radius 2 is 2.08 bits per heavy atom. The average Bonchev–Trinajstić information content (AvgIpc) is 2.03. The van der Waals surface area contributed by atoms with Gasteiger partial charge in [0.1, 0.15) is 6.29 Å². The van der Waals surface area contributed by atoms with E-state index in [0.717, 1.165) is 25.5 Å². The van der Waals surface area contributed by atoms with Crippen molar-refractivity contribution in [3.63, 3.8) is 0 Å². The van der Waals surface area contributed by atoms with E-state index >= 15 is 0 Å². The van der Waals surface area contributed by atoms with E-state index in [9.17, 15) is 4.79 Å². The summed E-state index contributed by atoms with van der Waals surface area (Å²) >= 11 is 0. The Balaban J connectivity index is 3.56. The summed E-state index contributed by atoms with van der Waals surface area (Å²) < 4.78 is 5.16. The van der Waals surface area contributed by atoms with Gasteiger partial charge in [0.2, 0.25) is 0 Å². The van der Waals surface area contributed by atoms with Crippen LogP contribution < -0.4 is 0 Å². The first-order valence-electron chi connectivity index (χ1n) is 4.98. The van der Waals surface area contributed by atoms with E-state index < -0.39 is 0 Å². The number of carbonyl (C=O) groups excluding carboxylic acids is 1. The molecule has 0 aromatic rings. The maximum atomic E-state index is 10.3. The van der Waals surface area contributed by atoms with Gasteiger partial charge in [0.15, 0.2) is 0 Å². The average molecular weight is 186 g/mol. The van der Waals surface area contributed by atoms with Gasteiger partial charge >= 0.3 is 0 Å². The minimum Gasteiger partial charge on any atom is -0.382 e. The zero-order chi connectivity index (χ0) is 10.3. The Labute approximate surface area is 81.7 Å². The number of methoxy groups -OCH3 is 1. The highest BCUT2D eigenvalue weighted by Crippen LogP contribution is 2.26. The highest BCUT2D eigenvalue weighted by atomic mass is 16.5. The Hall–Kier alpha value is -0.370. The predicted octanol–water partition coefficient (Wildman–Crippen LogP) is 2.81. The van der Waals surface area contributed by atoms with Crippen LogP contribution in [0.4, 0.5) is 0 Å². The van der Waals surface area contributed by atoms with Crippen molar-refractivity contribution < 1.29 is 9.53 Å². The molecule has 0 radical (unpaired) electrons. The molecule has 0 spiro atoms. The second kappa shape index (κ2) is 6.14. The Bertz CT molecular complexity index is 141. The monoisotopic (exact) mass is 186 g/mol. The van der Waals surface area contributed by atoms with Crippen molar-refractivity contribution in [2.24, 2.45) is 5.41 Å². The number of carbonyl (C=O) groups is 1. The molecule has 0 heterocycles. The van der Waals surface area contributed by atoms with Crippen LogP contribution in [0.25, 0.3) is 0 Å². The summed E-state index contributed by atoms with van der Waals surface area (Å²) in [6.45, 7) is 6.35. The molecule has 0 fully saturated rings. The van der Waals surface area contributed by atoms with Crippen LogP contribution in [0.15, 0.2) is 0 Å². The Kier molecular flexibility index (Phi) is 5.97. The molecule has 0 amide bonds. The minimum atomic E-state index is 0.162. The van der Waals surface area contributed by atoms with Crippen LogP contribution in [-0.2, 0) is 9.53 Å². The van der Waals surface area contributed by atoms with E-state index in [1.807, 2.05) is 0 Å². The molecule has 0 saturated carbocycles. The van der Waals surface area contributed by atoms with E-state index in [1.54, 1.807) is 7.11 Å². The minimum absolute atomic E-state index is 0.162. The van der Waals surface area contributed by atoms with E-state index in [-0.39, 0.29) is 5.41 Å². The van der Waals surface area contributed by atoms with E-state index in [2.05, 4.69) is 20.8 Å². The number of aldehydes is 1. The van der Waals surface area contributed by atoms with Gasteiger partial charge in [-0.25, -0.2) is 0 Å². The smallest absolute Gasteiger partial charge is 0.120 e. The van der Waals surface area contributed by atoms with Crippen LogP contribution in [0.5, 0.6) is 0 Å². The summed E-state index contributed by atoms with van der Waals surface area (Å²) in [7, 11) is 1.74. The van der Waals surface area contributed by atoms with Crippen molar-refractivity contribution in [1.82, 2.24) is 0 Å². The number of ether oxygens (including phenoxy) is 1. The number of hydrogen-bond acceptors (Lipinski definition) is 2. The van der Waals surface area contributed by atoms with Crippen LogP contribution in [0.3, 0.4) is 0 Å². The molecule has 1 atom stereocenters. The molecule has 13 heavy (non-hydrogen) atoms. The van der Waals surface area contributed by atoms with Crippen LogP contribution >= 0.6 is 0 Å². The van der Waals surface area contributed by atoms with Crippen molar-refractivity contribution in [2.75, 3.05) is 7.11 Å². The first-order chi connectivity index (χ1) is 6.02. The summed E-state index contributed by atoms with van der Waals surface area (Å²) in [6.07, 6.45) is 5.33. The van der Waals surface area contributed by atoms with Gasteiger partial charge in [-0.3, -0.25) is 0 Å². The van der Waals surface area contributed by atoms with Crippen molar-refractivity contribution in [3.8, 4) is 0 Å². The van der Waals surface area contributed by atoms with Gasteiger partial charge in [0.05, 0.1) is 6.10 Å². The van der Waals surface area contributed by atoms with Crippen LogP contribution in [-0.4, -0.2) is 19.5 Å². The zero-order valence-corrected chi connectivity index (χ0v) is 9.30. The largest absolute Gasteiger partial charge is 0.382 e. The molecule has 78 valence electrons. The number of hydrogen-bond donors (Lipinski definition) is 0. The van der Waals surface area contributed by atoms with Crippen LogP contribution in [0.2, 0.25) is 0 Å². The van der Waals surface area contributed by atoms with E-state index in [0.29, 0.717) is 12.5 Å². The second-order valence-electron chi connectivity index (χ2n) is 4.47. The molecular formula is C11H22O2. The topological polar surface area (TPSA) is 26.3 Å². The molecule has 0 saturated heterocycles. The van der Waals surface area contributed by atoms with Crippen molar-refractivity contribution in [3.05, 3.63) is 0 Å². The quantitative estimate of drug-likeness (QED) is 0.571. The molecule has 0 rings (SSSR count). The maximum absolute atomic E-state index is 10.3. The second-order valence-corrected chi connectivity index (χ2v) is 4.47. The van der Waals surface area contributed by atoms with E-state index in [4.69, 9.17) is 4.74 Å². The van der Waals surface area contributed by atoms with Gasteiger partial charge in [-0.1, -0.05) is 20.3 Å². The highest BCUT2D eigenvalue weighted by Gasteiger charge is 2.16. The van der Waals surface area contributed by atoms with Gasteiger partial charge in [-0.05, 0) is 25.2 Å². The lowest BCUT2D eigenvalue weighted by Gasteiger charge is -2.22. The van der Waals surface area contributed by atoms with Gasteiger partial charge < -0.3 is 9.53 Å². The highest BCUT2D eigenvalue weighted by molar-refractivity contribution is 5.50. The molecule has 0 aliphatic heterocycles. The SMILES string of the molecule is COC(C)CCCC(C)(C)CC=O. The lowest BCUT2D eigenvalue weighted by Crippen LogP contribution is -2.13. The summed E-state index contributed by atoms with van der Waals surface area (Å²) in [5, 5.41) is 0. The third-order valence-electron chi connectivity index (χ3n) is 2.50. The standard InChI is InChI=1S/C11H22O2/c1-10(13-4)6-5-7-11(2,3)8-9-12/h9-10H,5-8H2,1-4H3. The fraction of sp³-hybridized carbons (Fsp3) is 0.909. The van der Waals surface area contributed by atoms with Gasteiger partial charge in [0, 0.05) is 13.5 Å². The molecule has 0 aromatic heterocycles. The lowest BCUT2D eigenvalue weighted by atomic mass is 9.84. The maximum Gasteiger partial charge on any atom is 0.120 e. The summed E-state index contributed by atoms with van der Waals surface area (Å²) in [5.74, 6) is 0. The zero-order valence-electron chi connectivity index (χ0n) is 9.30. The van der Waals surface area contributed by atoms with E-state index in [1.165, 1.54) is 0 Å². The van der Waals surface area contributed by atoms with Crippen molar-refractivity contribution in [2.45, 2.75) is 52.6 Å². The molecule has 1 unspecified atom stereocenters. The summed E-state index contributed by atoms with van der Waals surface area (Å²) in [5.41, 5.74) is 0.162. The molecule has 0 aliphatic rings. The predicted molar refractivity (Wildman–Crippen MR) is 54.8 cm³/mol.